The first-order valence-corrected chi connectivity index (χ1v) is 15.3. The quantitative estimate of drug-likeness (QED) is 0.132. The molecule has 5 N–H and O–H groups in total. The lowest BCUT2D eigenvalue weighted by Crippen LogP contribution is -2.45. The molecule has 0 radical (unpaired) electrons. The molecule has 1 fully saturated rings. The van der Waals surface area contributed by atoms with Crippen LogP contribution in [0.4, 0.5) is 23.0 Å². The van der Waals surface area contributed by atoms with E-state index in [1.165, 1.54) is 0 Å². The minimum Gasteiger partial charge on any atom is -0.369 e. The summed E-state index contributed by atoms with van der Waals surface area (Å²) in [5.41, 5.74) is 12.1. The predicted octanol–water partition coefficient (Wildman–Crippen LogP) is 5.47. The fourth-order valence-corrected chi connectivity index (χ4v) is 5.92. The topological polar surface area (TPSA) is 135 Å². The Kier molecular flexibility index (Phi) is 8.47. The van der Waals surface area contributed by atoms with Crippen LogP contribution in [0.3, 0.4) is 0 Å². The predicted molar refractivity (Wildman–Crippen MR) is 179 cm³/mol. The Morgan fingerprint density at radius 1 is 1.07 bits per heavy atom. The van der Waals surface area contributed by atoms with E-state index in [-0.39, 0.29) is 11.9 Å². The molecule has 1 unspecified atom stereocenters. The highest BCUT2D eigenvalue weighted by atomic mass is 16.1. The third-order valence-electron chi connectivity index (χ3n) is 8.34. The third kappa shape index (κ3) is 6.09. The van der Waals surface area contributed by atoms with E-state index in [4.69, 9.17) is 15.7 Å². The zero-order valence-corrected chi connectivity index (χ0v) is 25.5. The lowest BCUT2D eigenvalue weighted by molar-refractivity contribution is 0.102. The largest absolute Gasteiger partial charge is 0.369 e. The number of guanidine groups is 1. The summed E-state index contributed by atoms with van der Waals surface area (Å²) in [5, 5.41) is 11.1. The van der Waals surface area contributed by atoms with Gasteiger partial charge in [0.2, 0.25) is 11.9 Å². The monoisotopic (exact) mass is 592 g/mol. The van der Waals surface area contributed by atoms with Gasteiger partial charge in [0.05, 0.1) is 34.0 Å². The first kappa shape index (κ1) is 29.2. The molecule has 3 heterocycles. The number of para-hydroxylation sites is 1. The number of carbonyl (C=O) groups is 1. The second kappa shape index (κ2) is 12.8. The summed E-state index contributed by atoms with van der Waals surface area (Å²) < 4.78 is 0. The van der Waals surface area contributed by atoms with Crippen LogP contribution in [0.5, 0.6) is 0 Å². The van der Waals surface area contributed by atoms with Crippen molar-refractivity contribution in [2.75, 3.05) is 48.3 Å². The first-order chi connectivity index (χ1) is 21.4. The van der Waals surface area contributed by atoms with Gasteiger partial charge in [-0.3, -0.25) is 9.89 Å². The van der Waals surface area contributed by atoms with E-state index in [1.54, 1.807) is 6.20 Å². The molecule has 1 atom stereocenters. The SMILES string of the molecule is CCCC(CC)N(/C(N)=N/c1nc2cc(N3CCN(C)CC3)c(C(=O)Nc3ccc4cn[nH]c4c3)cc2[nH]1)c1ccccc1. The van der Waals surface area contributed by atoms with Gasteiger partial charge in [-0.1, -0.05) is 38.5 Å². The highest BCUT2D eigenvalue weighted by molar-refractivity contribution is 6.11. The van der Waals surface area contributed by atoms with Crippen molar-refractivity contribution in [3.05, 3.63) is 72.4 Å². The average molecular weight is 593 g/mol. The third-order valence-corrected chi connectivity index (χ3v) is 8.34. The Bertz CT molecular complexity index is 1770. The normalized spacial score (nSPS) is 15.2. The number of fused-ring (bicyclic) bond motifs is 2. The van der Waals surface area contributed by atoms with Crippen molar-refractivity contribution in [2.45, 2.75) is 39.2 Å². The maximum absolute atomic E-state index is 13.8. The van der Waals surface area contributed by atoms with Crippen LogP contribution in [0.1, 0.15) is 43.5 Å². The number of aromatic nitrogens is 4. The number of carbonyl (C=O) groups excluding carboxylic acids is 1. The van der Waals surface area contributed by atoms with E-state index < -0.39 is 0 Å². The molecule has 1 saturated heterocycles. The maximum Gasteiger partial charge on any atom is 0.257 e. The molecule has 6 rings (SSSR count). The molecule has 1 amide bonds. The summed E-state index contributed by atoms with van der Waals surface area (Å²) in [6, 6.07) is 19.9. The molecule has 228 valence electrons. The van der Waals surface area contributed by atoms with Gasteiger partial charge in [-0.15, -0.1) is 0 Å². The highest BCUT2D eigenvalue weighted by Crippen LogP contribution is 2.30. The number of imidazole rings is 1. The van der Waals surface area contributed by atoms with Gasteiger partial charge in [0.1, 0.15) is 0 Å². The molecule has 0 saturated carbocycles. The van der Waals surface area contributed by atoms with Gasteiger partial charge in [-0.05, 0) is 62.4 Å². The van der Waals surface area contributed by atoms with Crippen molar-refractivity contribution < 1.29 is 4.79 Å². The number of aliphatic imine (C=N–C) groups is 1. The molecule has 2 aromatic heterocycles. The van der Waals surface area contributed by atoms with Gasteiger partial charge in [0.15, 0.2) is 0 Å². The second-order valence-electron chi connectivity index (χ2n) is 11.4. The molecule has 44 heavy (non-hydrogen) atoms. The number of nitrogens with one attached hydrogen (secondary N) is 3. The number of benzene rings is 3. The Balaban J connectivity index is 1.37. The summed E-state index contributed by atoms with van der Waals surface area (Å²) in [6.07, 6.45) is 4.72. The Morgan fingerprint density at radius 2 is 1.86 bits per heavy atom. The van der Waals surface area contributed by atoms with Gasteiger partial charge in [-0.25, -0.2) is 4.98 Å². The van der Waals surface area contributed by atoms with Crippen LogP contribution in [0.25, 0.3) is 21.9 Å². The van der Waals surface area contributed by atoms with Gasteiger partial charge in [0, 0.05) is 49.0 Å². The van der Waals surface area contributed by atoms with Crippen LogP contribution in [0, 0.1) is 0 Å². The smallest absolute Gasteiger partial charge is 0.257 e. The molecule has 1 aliphatic heterocycles. The number of likely N-dealkylation sites (N-methyl/N-ethyl adjacent to an activating group) is 1. The summed E-state index contributed by atoms with van der Waals surface area (Å²) in [4.78, 5) is 33.3. The highest BCUT2D eigenvalue weighted by Gasteiger charge is 2.24. The summed E-state index contributed by atoms with van der Waals surface area (Å²) in [7, 11) is 2.12. The molecule has 3 aromatic carbocycles. The maximum atomic E-state index is 13.8. The van der Waals surface area contributed by atoms with Crippen LogP contribution < -0.4 is 20.9 Å². The van der Waals surface area contributed by atoms with Crippen molar-refractivity contribution in [3.8, 4) is 0 Å². The minimum absolute atomic E-state index is 0.195. The average Bonchev–Trinajstić information content (AvgIpc) is 3.66. The fraction of sp³-hybridized carbons (Fsp3) is 0.333. The molecule has 0 aliphatic carbocycles. The number of hydrogen-bond acceptors (Lipinski definition) is 6. The number of H-pyrrole nitrogens is 2. The standard InChI is InChI=1S/C33H40N10O/c1-4-9-24(5-2)43(25-10-7-6-8-11-25)32(34)39-33-37-28-19-26(30(20-29(28)38-33)42-16-14-41(3)15-17-42)31(44)36-23-13-12-22-21-35-40-27(22)18-23/h6-8,10-13,18-21,24H,4-5,9,14-17H2,1-3H3,(H,35,40)(H,36,44)(H3,34,37,38,39). The van der Waals surface area contributed by atoms with E-state index in [9.17, 15) is 4.79 Å². The first-order valence-electron chi connectivity index (χ1n) is 15.3. The Labute approximate surface area is 257 Å². The number of anilines is 3. The van der Waals surface area contributed by atoms with Crippen molar-refractivity contribution in [1.82, 2.24) is 25.1 Å². The van der Waals surface area contributed by atoms with Crippen molar-refractivity contribution in [2.24, 2.45) is 10.7 Å². The zero-order valence-electron chi connectivity index (χ0n) is 25.5. The van der Waals surface area contributed by atoms with Crippen LogP contribution in [0.2, 0.25) is 0 Å². The van der Waals surface area contributed by atoms with Gasteiger partial charge >= 0.3 is 0 Å². The molecule has 0 spiro atoms. The lowest BCUT2D eigenvalue weighted by Gasteiger charge is -2.35. The molecule has 5 aromatic rings. The van der Waals surface area contributed by atoms with E-state index >= 15 is 0 Å². The van der Waals surface area contributed by atoms with Gasteiger partial charge in [0.25, 0.3) is 5.91 Å². The van der Waals surface area contributed by atoms with Crippen molar-refractivity contribution in [1.29, 1.82) is 0 Å². The van der Waals surface area contributed by atoms with Gasteiger partial charge in [-0.2, -0.15) is 10.1 Å². The molecular formula is C33H40N10O. The number of piperazine rings is 1. The Morgan fingerprint density at radius 3 is 2.61 bits per heavy atom. The number of amides is 1. The molecular weight excluding hydrogens is 552 g/mol. The molecule has 0 bridgehead atoms. The van der Waals surface area contributed by atoms with E-state index in [1.807, 2.05) is 48.5 Å². The number of aromatic amines is 2. The molecule has 11 nitrogen and oxygen atoms in total. The van der Waals surface area contributed by atoms with E-state index in [2.05, 4.69) is 68.2 Å². The van der Waals surface area contributed by atoms with Crippen molar-refractivity contribution >= 4 is 56.8 Å². The number of nitrogens with zero attached hydrogens (tertiary/aromatic N) is 6. The number of nitrogens with two attached hydrogens (primary N) is 1. The number of rotatable bonds is 9. The molecule has 11 heteroatoms. The summed E-state index contributed by atoms with van der Waals surface area (Å²) >= 11 is 0. The van der Waals surface area contributed by atoms with Crippen molar-refractivity contribution in [3.63, 3.8) is 0 Å². The molecule has 1 aliphatic rings. The minimum atomic E-state index is -0.195. The Hall–Kier alpha value is -4.90. The van der Waals surface area contributed by atoms with Crippen LogP contribution in [-0.2, 0) is 0 Å². The van der Waals surface area contributed by atoms with Crippen LogP contribution in [0.15, 0.2) is 71.9 Å². The van der Waals surface area contributed by atoms with Crippen LogP contribution >= 0.6 is 0 Å². The van der Waals surface area contributed by atoms with Crippen LogP contribution in [-0.4, -0.2) is 76.2 Å². The van der Waals surface area contributed by atoms with E-state index in [0.717, 1.165) is 78.8 Å². The lowest BCUT2D eigenvalue weighted by atomic mass is 10.1. The second-order valence-corrected chi connectivity index (χ2v) is 11.4. The van der Waals surface area contributed by atoms with E-state index in [0.29, 0.717) is 23.2 Å². The number of hydrogen-bond donors (Lipinski definition) is 4. The summed E-state index contributed by atoms with van der Waals surface area (Å²) in [5.74, 6) is 0.581. The summed E-state index contributed by atoms with van der Waals surface area (Å²) in [6.45, 7) is 7.80. The zero-order chi connectivity index (χ0) is 30.6. The van der Waals surface area contributed by atoms with Gasteiger partial charge < -0.3 is 30.7 Å². The fourth-order valence-electron chi connectivity index (χ4n) is 5.92.